The molecule has 3 nitrogen and oxygen atoms in total. The third-order valence-corrected chi connectivity index (χ3v) is 3.72. The first-order valence-electron chi connectivity index (χ1n) is 7.87. The summed E-state index contributed by atoms with van der Waals surface area (Å²) >= 11 is 0. The lowest BCUT2D eigenvalue weighted by atomic mass is 10.0. The summed E-state index contributed by atoms with van der Waals surface area (Å²) < 4.78 is 5.41. The quantitative estimate of drug-likeness (QED) is 0.774. The summed E-state index contributed by atoms with van der Waals surface area (Å²) in [5.74, 6) is 0.636. The van der Waals surface area contributed by atoms with Gasteiger partial charge in [0.25, 0.3) is 5.91 Å². The van der Waals surface area contributed by atoms with Gasteiger partial charge in [0, 0.05) is 5.56 Å². The van der Waals surface area contributed by atoms with E-state index in [9.17, 15) is 4.79 Å². The summed E-state index contributed by atoms with van der Waals surface area (Å²) in [7, 11) is 0. The maximum Gasteiger partial charge on any atom is 0.251 e. The molecule has 0 saturated carbocycles. The van der Waals surface area contributed by atoms with Gasteiger partial charge in [0.2, 0.25) is 0 Å². The summed E-state index contributed by atoms with van der Waals surface area (Å²) in [5.41, 5.74) is 3.01. The Bertz CT molecular complexity index is 644. The van der Waals surface area contributed by atoms with Gasteiger partial charge in [0.1, 0.15) is 12.4 Å². The van der Waals surface area contributed by atoms with E-state index in [1.54, 1.807) is 30.3 Å². The van der Waals surface area contributed by atoms with Crippen molar-refractivity contribution >= 4 is 5.91 Å². The SMILES string of the molecule is C=CCOc1ccc(C(=O)N[C@H](C)c2ccc(CC)cc2)cc1. The van der Waals surface area contributed by atoms with Gasteiger partial charge in [0.05, 0.1) is 6.04 Å². The molecule has 0 aliphatic carbocycles. The molecule has 0 aliphatic rings. The molecule has 2 aromatic carbocycles. The number of aryl methyl sites for hydroxylation is 1. The molecule has 120 valence electrons. The predicted octanol–water partition coefficient (Wildman–Crippen LogP) is 4.30. The van der Waals surface area contributed by atoms with Crippen LogP contribution in [0.3, 0.4) is 0 Å². The van der Waals surface area contributed by atoms with Crippen molar-refractivity contribution in [2.75, 3.05) is 6.61 Å². The molecule has 0 fully saturated rings. The van der Waals surface area contributed by atoms with Crippen LogP contribution in [0.2, 0.25) is 0 Å². The summed E-state index contributed by atoms with van der Waals surface area (Å²) in [5, 5.41) is 3.02. The molecule has 1 amide bonds. The van der Waals surface area contributed by atoms with Crippen LogP contribution in [-0.4, -0.2) is 12.5 Å². The Labute approximate surface area is 138 Å². The van der Waals surface area contributed by atoms with E-state index in [0.29, 0.717) is 12.2 Å². The molecule has 0 aromatic heterocycles. The van der Waals surface area contributed by atoms with Crippen molar-refractivity contribution in [1.29, 1.82) is 0 Å². The van der Waals surface area contributed by atoms with Gasteiger partial charge in [-0.1, -0.05) is 43.8 Å². The monoisotopic (exact) mass is 309 g/mol. The van der Waals surface area contributed by atoms with Crippen LogP contribution >= 0.6 is 0 Å². The Morgan fingerprint density at radius 2 is 1.83 bits per heavy atom. The highest BCUT2D eigenvalue weighted by molar-refractivity contribution is 5.94. The molecular weight excluding hydrogens is 286 g/mol. The minimum absolute atomic E-state index is 0.0369. The van der Waals surface area contributed by atoms with Crippen molar-refractivity contribution in [3.05, 3.63) is 77.9 Å². The molecule has 1 N–H and O–H groups in total. The van der Waals surface area contributed by atoms with Crippen LogP contribution in [0.4, 0.5) is 0 Å². The van der Waals surface area contributed by atoms with Gasteiger partial charge in [-0.05, 0) is 48.7 Å². The fourth-order valence-electron chi connectivity index (χ4n) is 2.26. The number of ether oxygens (including phenoxy) is 1. The molecule has 0 unspecified atom stereocenters. The van der Waals surface area contributed by atoms with Crippen LogP contribution in [0.1, 0.15) is 41.4 Å². The number of nitrogens with one attached hydrogen (secondary N) is 1. The van der Waals surface area contributed by atoms with Gasteiger partial charge in [-0.2, -0.15) is 0 Å². The van der Waals surface area contributed by atoms with Gasteiger partial charge in [0.15, 0.2) is 0 Å². The minimum atomic E-state index is -0.0904. The normalized spacial score (nSPS) is 11.6. The molecule has 0 aliphatic heterocycles. The molecule has 0 radical (unpaired) electrons. The van der Waals surface area contributed by atoms with Crippen molar-refractivity contribution in [2.45, 2.75) is 26.3 Å². The molecule has 0 bridgehead atoms. The highest BCUT2D eigenvalue weighted by Crippen LogP contribution is 2.16. The minimum Gasteiger partial charge on any atom is -0.490 e. The third-order valence-electron chi connectivity index (χ3n) is 3.72. The Balaban J connectivity index is 1.98. The second-order valence-corrected chi connectivity index (χ2v) is 5.41. The lowest BCUT2D eigenvalue weighted by Gasteiger charge is -2.15. The molecule has 2 rings (SSSR count). The van der Waals surface area contributed by atoms with Crippen LogP contribution in [-0.2, 0) is 6.42 Å². The number of carbonyl (C=O) groups is 1. The number of hydrogen-bond acceptors (Lipinski definition) is 2. The van der Waals surface area contributed by atoms with E-state index in [2.05, 4.69) is 43.1 Å². The van der Waals surface area contributed by atoms with E-state index >= 15 is 0 Å². The molecule has 0 saturated heterocycles. The average molecular weight is 309 g/mol. The molecule has 0 heterocycles. The van der Waals surface area contributed by atoms with Crippen LogP contribution in [0.5, 0.6) is 5.75 Å². The first-order chi connectivity index (χ1) is 11.1. The maximum atomic E-state index is 12.3. The zero-order chi connectivity index (χ0) is 16.7. The zero-order valence-electron chi connectivity index (χ0n) is 13.7. The van der Waals surface area contributed by atoms with E-state index in [4.69, 9.17) is 4.74 Å². The molecule has 2 aromatic rings. The number of amides is 1. The maximum absolute atomic E-state index is 12.3. The van der Waals surface area contributed by atoms with Crippen molar-refractivity contribution in [1.82, 2.24) is 5.32 Å². The molecular formula is C20H23NO2. The highest BCUT2D eigenvalue weighted by atomic mass is 16.5. The van der Waals surface area contributed by atoms with Gasteiger partial charge in [-0.3, -0.25) is 4.79 Å². The van der Waals surface area contributed by atoms with E-state index in [0.717, 1.165) is 17.7 Å². The standard InChI is InChI=1S/C20H23NO2/c1-4-14-23-19-12-10-18(11-13-19)20(22)21-15(3)17-8-6-16(5-2)7-9-17/h4,6-13,15H,1,5,14H2,2-3H3,(H,21,22)/t15-/m1/s1. The fraction of sp³-hybridized carbons (Fsp3) is 0.250. The second-order valence-electron chi connectivity index (χ2n) is 5.41. The lowest BCUT2D eigenvalue weighted by molar-refractivity contribution is 0.0940. The van der Waals surface area contributed by atoms with Gasteiger partial charge >= 0.3 is 0 Å². The number of carbonyl (C=O) groups excluding carboxylic acids is 1. The van der Waals surface area contributed by atoms with E-state index in [-0.39, 0.29) is 11.9 Å². The van der Waals surface area contributed by atoms with E-state index in [1.165, 1.54) is 5.56 Å². The Morgan fingerprint density at radius 1 is 1.17 bits per heavy atom. The lowest BCUT2D eigenvalue weighted by Crippen LogP contribution is -2.26. The van der Waals surface area contributed by atoms with E-state index < -0.39 is 0 Å². The number of rotatable bonds is 7. The molecule has 1 atom stereocenters. The summed E-state index contributed by atoms with van der Waals surface area (Å²) in [6.45, 7) is 8.17. The fourth-order valence-corrected chi connectivity index (χ4v) is 2.26. The van der Waals surface area contributed by atoms with Gasteiger partial charge in [-0.25, -0.2) is 0 Å². The van der Waals surface area contributed by atoms with Gasteiger partial charge < -0.3 is 10.1 Å². The van der Waals surface area contributed by atoms with Gasteiger partial charge in [-0.15, -0.1) is 0 Å². The Kier molecular flexibility index (Phi) is 5.98. The van der Waals surface area contributed by atoms with Crippen LogP contribution in [0, 0.1) is 0 Å². The topological polar surface area (TPSA) is 38.3 Å². The smallest absolute Gasteiger partial charge is 0.251 e. The number of hydrogen-bond donors (Lipinski definition) is 1. The highest BCUT2D eigenvalue weighted by Gasteiger charge is 2.11. The van der Waals surface area contributed by atoms with Crippen LogP contribution < -0.4 is 10.1 Å². The number of benzene rings is 2. The van der Waals surface area contributed by atoms with Crippen molar-refractivity contribution in [3.8, 4) is 5.75 Å². The Hall–Kier alpha value is -2.55. The largest absolute Gasteiger partial charge is 0.490 e. The Morgan fingerprint density at radius 3 is 2.39 bits per heavy atom. The summed E-state index contributed by atoms with van der Waals surface area (Å²) in [6.07, 6.45) is 2.70. The summed E-state index contributed by atoms with van der Waals surface area (Å²) in [6, 6.07) is 15.4. The summed E-state index contributed by atoms with van der Waals surface area (Å²) in [4.78, 5) is 12.3. The first kappa shape index (κ1) is 16.8. The van der Waals surface area contributed by atoms with Crippen LogP contribution in [0.15, 0.2) is 61.2 Å². The van der Waals surface area contributed by atoms with Crippen molar-refractivity contribution in [3.63, 3.8) is 0 Å². The molecule has 3 heteroatoms. The van der Waals surface area contributed by atoms with Crippen LogP contribution in [0.25, 0.3) is 0 Å². The third kappa shape index (κ3) is 4.71. The van der Waals surface area contributed by atoms with Crippen molar-refractivity contribution < 1.29 is 9.53 Å². The van der Waals surface area contributed by atoms with Crippen molar-refractivity contribution in [2.24, 2.45) is 0 Å². The first-order valence-corrected chi connectivity index (χ1v) is 7.87. The zero-order valence-corrected chi connectivity index (χ0v) is 13.7. The second kappa shape index (κ2) is 8.18. The molecule has 23 heavy (non-hydrogen) atoms. The van der Waals surface area contributed by atoms with E-state index in [1.807, 2.05) is 6.92 Å². The predicted molar refractivity (Wildman–Crippen MR) is 93.8 cm³/mol. The average Bonchev–Trinajstić information content (AvgIpc) is 2.60. The molecule has 0 spiro atoms.